The van der Waals surface area contributed by atoms with Gasteiger partial charge >= 0.3 is 0 Å². The third kappa shape index (κ3) is 3.05. The molecule has 1 fully saturated rings. The highest BCUT2D eigenvalue weighted by Gasteiger charge is 2.25. The maximum absolute atomic E-state index is 10.1. The maximum atomic E-state index is 10.1. The largest absolute Gasteiger partial charge is 0.393 e. The van der Waals surface area contributed by atoms with Crippen LogP contribution in [-0.4, -0.2) is 24.3 Å². The number of benzene rings is 1. The summed E-state index contributed by atoms with van der Waals surface area (Å²) >= 11 is 0. The number of aliphatic hydroxyl groups is 1. The van der Waals surface area contributed by atoms with Crippen molar-refractivity contribution in [1.29, 1.82) is 0 Å². The van der Waals surface area contributed by atoms with Gasteiger partial charge in [0.15, 0.2) is 0 Å². The fourth-order valence-corrected chi connectivity index (χ4v) is 3.00. The van der Waals surface area contributed by atoms with Crippen molar-refractivity contribution in [3.05, 3.63) is 29.8 Å². The van der Waals surface area contributed by atoms with E-state index in [4.69, 9.17) is 0 Å². The van der Waals surface area contributed by atoms with Crippen LogP contribution in [0.15, 0.2) is 24.3 Å². The number of para-hydroxylation sites is 1. The van der Waals surface area contributed by atoms with Gasteiger partial charge in [-0.15, -0.1) is 0 Å². The van der Waals surface area contributed by atoms with Crippen molar-refractivity contribution >= 4 is 5.69 Å². The zero-order valence-electron chi connectivity index (χ0n) is 11.6. The third-order valence-electron chi connectivity index (χ3n) is 4.16. The Morgan fingerprint density at radius 3 is 2.61 bits per heavy atom. The van der Waals surface area contributed by atoms with E-state index in [1.54, 1.807) is 0 Å². The van der Waals surface area contributed by atoms with E-state index in [9.17, 15) is 5.11 Å². The average molecular weight is 247 g/mol. The van der Waals surface area contributed by atoms with Crippen molar-refractivity contribution in [3.8, 4) is 0 Å². The molecule has 100 valence electrons. The molecule has 1 aromatic carbocycles. The highest BCUT2D eigenvalue weighted by atomic mass is 16.3. The summed E-state index contributed by atoms with van der Waals surface area (Å²) in [7, 11) is 0. The molecule has 1 saturated carbocycles. The SMILES string of the molecule is CCN(CC1CCCCC1O)c1ccccc1C. The Morgan fingerprint density at radius 1 is 1.22 bits per heavy atom. The van der Waals surface area contributed by atoms with E-state index in [0.29, 0.717) is 5.92 Å². The number of aliphatic hydroxyl groups excluding tert-OH is 1. The van der Waals surface area contributed by atoms with Crippen molar-refractivity contribution in [2.24, 2.45) is 5.92 Å². The predicted octanol–water partition coefficient (Wildman–Crippen LogP) is 3.37. The van der Waals surface area contributed by atoms with Crippen LogP contribution in [0.1, 0.15) is 38.2 Å². The fourth-order valence-electron chi connectivity index (χ4n) is 3.00. The maximum Gasteiger partial charge on any atom is 0.0585 e. The van der Waals surface area contributed by atoms with Crippen LogP contribution < -0.4 is 4.90 Å². The standard InChI is InChI=1S/C16H25NO/c1-3-17(15-10-6-4-8-13(15)2)12-14-9-5-7-11-16(14)18/h4,6,8,10,14,16,18H,3,5,7,9,11-12H2,1-2H3. The van der Waals surface area contributed by atoms with Gasteiger partial charge in [-0.25, -0.2) is 0 Å². The van der Waals surface area contributed by atoms with E-state index < -0.39 is 0 Å². The van der Waals surface area contributed by atoms with E-state index in [1.807, 2.05) is 0 Å². The summed E-state index contributed by atoms with van der Waals surface area (Å²) < 4.78 is 0. The highest BCUT2D eigenvalue weighted by Crippen LogP contribution is 2.28. The molecule has 1 aromatic rings. The highest BCUT2D eigenvalue weighted by molar-refractivity contribution is 5.52. The van der Waals surface area contributed by atoms with Crippen LogP contribution in [0.4, 0.5) is 5.69 Å². The Kier molecular flexibility index (Phi) is 4.65. The molecule has 0 amide bonds. The smallest absolute Gasteiger partial charge is 0.0585 e. The number of hydrogen-bond donors (Lipinski definition) is 1. The van der Waals surface area contributed by atoms with Gasteiger partial charge in [0.25, 0.3) is 0 Å². The van der Waals surface area contributed by atoms with Crippen molar-refractivity contribution in [2.75, 3.05) is 18.0 Å². The summed E-state index contributed by atoms with van der Waals surface area (Å²) in [5.74, 6) is 0.443. The average Bonchev–Trinajstić information content (AvgIpc) is 2.39. The lowest BCUT2D eigenvalue weighted by molar-refractivity contribution is 0.0732. The minimum absolute atomic E-state index is 0.100. The monoisotopic (exact) mass is 247 g/mol. The van der Waals surface area contributed by atoms with Gasteiger partial charge < -0.3 is 10.0 Å². The predicted molar refractivity (Wildman–Crippen MR) is 77.0 cm³/mol. The first-order chi connectivity index (χ1) is 8.72. The van der Waals surface area contributed by atoms with Gasteiger partial charge in [-0.05, 0) is 38.3 Å². The Hall–Kier alpha value is -1.02. The number of aryl methyl sites for hydroxylation is 1. The van der Waals surface area contributed by atoms with E-state index in [2.05, 4.69) is 43.0 Å². The number of nitrogens with zero attached hydrogens (tertiary/aromatic N) is 1. The van der Waals surface area contributed by atoms with Gasteiger partial charge in [0, 0.05) is 24.7 Å². The first kappa shape index (κ1) is 13.4. The van der Waals surface area contributed by atoms with Crippen LogP contribution in [0.2, 0.25) is 0 Å². The van der Waals surface area contributed by atoms with E-state index in [1.165, 1.54) is 30.5 Å². The zero-order chi connectivity index (χ0) is 13.0. The lowest BCUT2D eigenvalue weighted by atomic mass is 9.86. The van der Waals surface area contributed by atoms with Crippen LogP contribution in [0.25, 0.3) is 0 Å². The van der Waals surface area contributed by atoms with E-state index in [0.717, 1.165) is 19.5 Å². The van der Waals surface area contributed by atoms with Gasteiger partial charge in [0.05, 0.1) is 6.10 Å². The quantitative estimate of drug-likeness (QED) is 0.881. The molecule has 1 N–H and O–H groups in total. The van der Waals surface area contributed by atoms with E-state index >= 15 is 0 Å². The van der Waals surface area contributed by atoms with Crippen molar-refractivity contribution in [3.63, 3.8) is 0 Å². The minimum Gasteiger partial charge on any atom is -0.393 e. The van der Waals surface area contributed by atoms with Gasteiger partial charge in [0.2, 0.25) is 0 Å². The fraction of sp³-hybridized carbons (Fsp3) is 0.625. The topological polar surface area (TPSA) is 23.5 Å². The Morgan fingerprint density at radius 2 is 1.94 bits per heavy atom. The van der Waals surface area contributed by atoms with E-state index in [-0.39, 0.29) is 6.10 Å². The second-order valence-electron chi connectivity index (χ2n) is 5.44. The summed E-state index contributed by atoms with van der Waals surface area (Å²) in [6.07, 6.45) is 4.51. The van der Waals surface area contributed by atoms with Crippen LogP contribution in [0.5, 0.6) is 0 Å². The zero-order valence-corrected chi connectivity index (χ0v) is 11.6. The summed E-state index contributed by atoms with van der Waals surface area (Å²) in [6, 6.07) is 8.54. The first-order valence-electron chi connectivity index (χ1n) is 7.21. The van der Waals surface area contributed by atoms with Crippen molar-refractivity contribution in [1.82, 2.24) is 0 Å². The van der Waals surface area contributed by atoms with Gasteiger partial charge in [-0.1, -0.05) is 31.0 Å². The molecule has 18 heavy (non-hydrogen) atoms. The lowest BCUT2D eigenvalue weighted by Gasteiger charge is -2.34. The van der Waals surface area contributed by atoms with Crippen LogP contribution in [0, 0.1) is 12.8 Å². The summed E-state index contributed by atoms with van der Waals surface area (Å²) in [5, 5.41) is 10.1. The number of anilines is 1. The van der Waals surface area contributed by atoms with Gasteiger partial charge in [0.1, 0.15) is 0 Å². The van der Waals surface area contributed by atoms with Gasteiger partial charge in [-0.2, -0.15) is 0 Å². The molecule has 2 atom stereocenters. The number of hydrogen-bond acceptors (Lipinski definition) is 2. The second kappa shape index (κ2) is 6.24. The Balaban J connectivity index is 2.07. The number of rotatable bonds is 4. The summed E-state index contributed by atoms with van der Waals surface area (Å²) in [4.78, 5) is 2.41. The van der Waals surface area contributed by atoms with Crippen LogP contribution in [0.3, 0.4) is 0 Å². The molecule has 0 aromatic heterocycles. The Labute approximate surface area is 111 Å². The normalized spacial score (nSPS) is 23.9. The lowest BCUT2D eigenvalue weighted by Crippen LogP contribution is -2.37. The van der Waals surface area contributed by atoms with Crippen LogP contribution in [-0.2, 0) is 0 Å². The summed E-state index contributed by atoms with van der Waals surface area (Å²) in [5.41, 5.74) is 2.64. The van der Waals surface area contributed by atoms with Crippen LogP contribution >= 0.6 is 0 Å². The molecular formula is C16H25NO. The first-order valence-corrected chi connectivity index (χ1v) is 7.21. The van der Waals surface area contributed by atoms with Crippen molar-refractivity contribution < 1.29 is 5.11 Å². The molecule has 2 rings (SSSR count). The molecule has 0 bridgehead atoms. The molecule has 0 spiro atoms. The molecule has 0 heterocycles. The molecule has 1 aliphatic rings. The molecule has 2 nitrogen and oxygen atoms in total. The van der Waals surface area contributed by atoms with Gasteiger partial charge in [-0.3, -0.25) is 0 Å². The molecule has 0 saturated heterocycles. The second-order valence-corrected chi connectivity index (χ2v) is 5.44. The molecule has 1 aliphatic carbocycles. The molecule has 2 unspecified atom stereocenters. The third-order valence-corrected chi connectivity index (χ3v) is 4.16. The molecule has 0 aliphatic heterocycles. The molecular weight excluding hydrogens is 222 g/mol. The van der Waals surface area contributed by atoms with Crippen molar-refractivity contribution in [2.45, 2.75) is 45.6 Å². The summed E-state index contributed by atoms with van der Waals surface area (Å²) in [6.45, 7) is 6.35. The Bertz CT molecular complexity index is 377. The molecule has 0 radical (unpaired) electrons. The molecule has 2 heteroatoms. The minimum atomic E-state index is -0.100.